The predicted octanol–water partition coefficient (Wildman–Crippen LogP) is 4.26. The van der Waals surface area contributed by atoms with Crippen molar-refractivity contribution in [1.29, 1.82) is 5.26 Å². The van der Waals surface area contributed by atoms with E-state index in [2.05, 4.69) is 15.2 Å². The van der Waals surface area contributed by atoms with Gasteiger partial charge in [-0.1, -0.05) is 31.5 Å². The van der Waals surface area contributed by atoms with Crippen LogP contribution in [-0.2, 0) is 4.79 Å². The Bertz CT molecular complexity index is 963. The number of halogens is 1. The number of nitrogens with zero attached hydrogens (tertiary/aromatic N) is 3. The molecule has 1 amide bonds. The monoisotopic (exact) mass is 436 g/mol. The predicted molar refractivity (Wildman–Crippen MR) is 121 cm³/mol. The van der Waals surface area contributed by atoms with Gasteiger partial charge in [-0.25, -0.2) is 4.98 Å². The molecule has 0 radical (unpaired) electrons. The lowest BCUT2D eigenvalue weighted by molar-refractivity contribution is -0.117. The molecule has 1 aliphatic heterocycles. The number of likely N-dealkylation sites (tertiary alicyclic amines) is 1. The van der Waals surface area contributed by atoms with Gasteiger partial charge in [0.25, 0.3) is 5.91 Å². The summed E-state index contributed by atoms with van der Waals surface area (Å²) in [5.41, 5.74) is 1.04. The first-order valence-corrected chi connectivity index (χ1v) is 11.1. The van der Waals surface area contributed by atoms with Crippen molar-refractivity contribution in [2.24, 2.45) is 0 Å². The Labute approximate surface area is 188 Å². The highest BCUT2D eigenvalue weighted by molar-refractivity contribution is 6.01. The highest BCUT2D eigenvalue weighted by atomic mass is 19.1. The molecule has 1 atom stereocenters. The van der Waals surface area contributed by atoms with Gasteiger partial charge in [-0.3, -0.25) is 9.69 Å². The maximum Gasteiger partial charge on any atom is 0.262 e. The van der Waals surface area contributed by atoms with E-state index in [0.717, 1.165) is 43.8 Å². The zero-order chi connectivity index (χ0) is 22.8. The Kier molecular flexibility index (Phi) is 8.76. The first kappa shape index (κ1) is 23.4. The number of nitrogens with one attached hydrogen (secondary N) is 1. The highest BCUT2D eigenvalue weighted by Crippen LogP contribution is 2.22. The number of amides is 1. The van der Waals surface area contributed by atoms with E-state index in [1.54, 1.807) is 6.07 Å². The first-order valence-electron chi connectivity index (χ1n) is 11.1. The third kappa shape index (κ3) is 6.89. The Balaban J connectivity index is 1.62. The molecule has 0 spiro atoms. The second kappa shape index (κ2) is 12.0. The molecule has 1 unspecified atom stereocenters. The molecule has 168 valence electrons. The molecule has 1 aromatic carbocycles. The average molecular weight is 437 g/mol. The van der Waals surface area contributed by atoms with Crippen LogP contribution in [0.4, 0.5) is 4.39 Å². The minimum atomic E-state index is -0.664. The highest BCUT2D eigenvalue weighted by Gasteiger charge is 2.17. The van der Waals surface area contributed by atoms with Gasteiger partial charge >= 0.3 is 0 Å². The topological polar surface area (TPSA) is 78.2 Å². The second-order valence-corrected chi connectivity index (χ2v) is 7.84. The Morgan fingerprint density at radius 1 is 1.28 bits per heavy atom. The Morgan fingerprint density at radius 2 is 2.03 bits per heavy atom. The fraction of sp³-hybridized carbons (Fsp3) is 0.400. The third-order valence-electron chi connectivity index (χ3n) is 5.43. The van der Waals surface area contributed by atoms with Crippen LogP contribution >= 0.6 is 0 Å². The molecule has 0 aliphatic carbocycles. The molecule has 1 saturated heterocycles. The van der Waals surface area contributed by atoms with E-state index < -0.39 is 11.9 Å². The van der Waals surface area contributed by atoms with Crippen molar-refractivity contribution in [3.8, 4) is 11.8 Å². The van der Waals surface area contributed by atoms with E-state index in [-0.39, 0.29) is 17.3 Å². The fourth-order valence-electron chi connectivity index (χ4n) is 3.74. The number of rotatable bonds is 10. The normalized spacial score (nSPS) is 15.2. The molecule has 6 nitrogen and oxygen atoms in total. The summed E-state index contributed by atoms with van der Waals surface area (Å²) in [6, 6.07) is 13.6. The molecule has 1 fully saturated rings. The minimum Gasteiger partial charge on any atom is -0.492 e. The van der Waals surface area contributed by atoms with Crippen LogP contribution in [0.2, 0.25) is 0 Å². The summed E-state index contributed by atoms with van der Waals surface area (Å²) in [6.45, 7) is 5.91. The summed E-state index contributed by atoms with van der Waals surface area (Å²) in [6.07, 6.45) is 5.40. The van der Waals surface area contributed by atoms with Gasteiger partial charge in [0.05, 0.1) is 11.7 Å². The maximum atomic E-state index is 13.3. The minimum absolute atomic E-state index is 0.119. The molecule has 1 N–H and O–H groups in total. The Morgan fingerprint density at radius 3 is 2.69 bits per heavy atom. The number of carbonyl (C=O) groups excluding carboxylic acids is 1. The molecule has 1 aromatic heterocycles. The lowest BCUT2D eigenvalue weighted by Gasteiger charge is -2.19. The zero-order valence-electron chi connectivity index (χ0n) is 18.4. The average Bonchev–Trinajstić information content (AvgIpc) is 3.31. The van der Waals surface area contributed by atoms with Crippen molar-refractivity contribution in [3.63, 3.8) is 0 Å². The molecule has 0 bridgehead atoms. The van der Waals surface area contributed by atoms with Gasteiger partial charge in [0, 0.05) is 6.54 Å². The van der Waals surface area contributed by atoms with Crippen LogP contribution in [0.1, 0.15) is 49.9 Å². The quantitative estimate of drug-likeness (QED) is 0.342. The largest absolute Gasteiger partial charge is 0.492 e. The number of hydrogen-bond donors (Lipinski definition) is 1. The molecule has 7 heteroatoms. The van der Waals surface area contributed by atoms with Gasteiger partial charge in [-0.2, -0.15) is 9.65 Å². The molecule has 3 rings (SSSR count). The van der Waals surface area contributed by atoms with Gasteiger partial charge in [0.2, 0.25) is 5.95 Å². The fourth-order valence-corrected chi connectivity index (χ4v) is 3.74. The van der Waals surface area contributed by atoms with Crippen LogP contribution in [0, 0.1) is 17.3 Å². The van der Waals surface area contributed by atoms with Crippen molar-refractivity contribution in [3.05, 3.63) is 65.2 Å². The summed E-state index contributed by atoms with van der Waals surface area (Å²) in [5.74, 6) is -0.379. The van der Waals surface area contributed by atoms with Crippen molar-refractivity contribution in [1.82, 2.24) is 15.2 Å². The molecule has 2 heterocycles. The van der Waals surface area contributed by atoms with E-state index in [4.69, 9.17) is 4.74 Å². The summed E-state index contributed by atoms with van der Waals surface area (Å²) < 4.78 is 19.2. The maximum absolute atomic E-state index is 13.3. The number of aromatic nitrogens is 1. The number of nitriles is 1. The molecule has 32 heavy (non-hydrogen) atoms. The number of carbonyl (C=O) groups is 1. The van der Waals surface area contributed by atoms with Gasteiger partial charge in [-0.05, 0) is 68.3 Å². The zero-order valence-corrected chi connectivity index (χ0v) is 18.4. The van der Waals surface area contributed by atoms with Crippen LogP contribution < -0.4 is 10.1 Å². The summed E-state index contributed by atoms with van der Waals surface area (Å²) in [4.78, 5) is 18.8. The summed E-state index contributed by atoms with van der Waals surface area (Å²) in [7, 11) is 0. The third-order valence-corrected chi connectivity index (χ3v) is 5.43. The van der Waals surface area contributed by atoms with Gasteiger partial charge < -0.3 is 10.1 Å². The van der Waals surface area contributed by atoms with E-state index in [1.807, 2.05) is 37.3 Å². The van der Waals surface area contributed by atoms with Crippen molar-refractivity contribution < 1.29 is 13.9 Å². The molecule has 2 aromatic rings. The number of ether oxygens (including phenoxy) is 1. The number of benzene rings is 1. The number of pyridine rings is 1. The van der Waals surface area contributed by atoms with Gasteiger partial charge in [0.15, 0.2) is 0 Å². The lowest BCUT2D eigenvalue weighted by Crippen LogP contribution is -2.29. The smallest absolute Gasteiger partial charge is 0.262 e. The lowest BCUT2D eigenvalue weighted by atomic mass is 10.0. The van der Waals surface area contributed by atoms with E-state index in [0.29, 0.717) is 6.61 Å². The van der Waals surface area contributed by atoms with Gasteiger partial charge in [0.1, 0.15) is 24.0 Å². The van der Waals surface area contributed by atoms with Crippen LogP contribution in [0.15, 0.2) is 48.0 Å². The first-order chi connectivity index (χ1) is 15.6. The van der Waals surface area contributed by atoms with Crippen molar-refractivity contribution in [2.45, 2.75) is 38.6 Å². The molecular formula is C25H29FN4O2. The van der Waals surface area contributed by atoms with Crippen LogP contribution in [0.3, 0.4) is 0 Å². The van der Waals surface area contributed by atoms with E-state index >= 15 is 0 Å². The van der Waals surface area contributed by atoms with Crippen LogP contribution in [0.5, 0.6) is 5.75 Å². The molecule has 1 aliphatic rings. The van der Waals surface area contributed by atoms with Crippen molar-refractivity contribution in [2.75, 3.05) is 26.2 Å². The second-order valence-electron chi connectivity index (χ2n) is 7.84. The number of hydrogen-bond acceptors (Lipinski definition) is 5. The SMILES string of the molecule is CCCC(NC(=O)C(C#N)=Cc1cccc(F)n1)c1ccc(OCCN2CCCC2)cc1. The molecular weight excluding hydrogens is 407 g/mol. The summed E-state index contributed by atoms with van der Waals surface area (Å²) >= 11 is 0. The van der Waals surface area contributed by atoms with E-state index in [9.17, 15) is 14.4 Å². The molecule has 0 saturated carbocycles. The standard InChI is InChI=1S/C25H29FN4O2/c1-2-6-23(29-25(31)20(18-27)17-21-7-5-8-24(26)28-21)19-9-11-22(12-10-19)32-16-15-30-13-3-4-14-30/h5,7-12,17,23H,2-4,6,13-16H2,1H3,(H,29,31). The Hall–Kier alpha value is -3.24. The van der Waals surface area contributed by atoms with Crippen molar-refractivity contribution >= 4 is 12.0 Å². The van der Waals surface area contributed by atoms with E-state index in [1.165, 1.54) is 31.1 Å². The van der Waals surface area contributed by atoms with Crippen LogP contribution in [-0.4, -0.2) is 42.0 Å². The van der Waals surface area contributed by atoms with Crippen LogP contribution in [0.25, 0.3) is 6.08 Å². The van der Waals surface area contributed by atoms with Gasteiger partial charge in [-0.15, -0.1) is 0 Å². The summed E-state index contributed by atoms with van der Waals surface area (Å²) in [5, 5.41) is 12.3.